The average Bonchev–Trinajstić information content (AvgIpc) is 3.14. The van der Waals surface area contributed by atoms with Gasteiger partial charge in [-0.2, -0.15) is 10.4 Å². The molecule has 2 aliphatic heterocycles. The summed E-state index contributed by atoms with van der Waals surface area (Å²) in [7, 11) is 0. The van der Waals surface area contributed by atoms with E-state index in [1.54, 1.807) is 0 Å². The topological polar surface area (TPSA) is 244 Å². The molecule has 10 rings (SSSR count). The number of aromatic amines is 2. The number of nitrogens with one attached hydrogen (secondary N) is 5. The van der Waals surface area contributed by atoms with Crippen molar-refractivity contribution in [3.63, 3.8) is 0 Å². The Balaban J connectivity index is 0.909. The van der Waals surface area contributed by atoms with Gasteiger partial charge in [-0.25, -0.2) is 0 Å². The molecule has 19 nitrogen and oxygen atoms in total. The van der Waals surface area contributed by atoms with Crippen LogP contribution in [0.4, 0.5) is 0 Å². The molecule has 2 saturated carbocycles. The Morgan fingerprint density at radius 1 is 0.713 bits per heavy atom. The molecule has 6 aromatic rings. The summed E-state index contributed by atoms with van der Waals surface area (Å²) in [5, 5.41) is 37.9. The van der Waals surface area contributed by atoms with Crippen LogP contribution in [-0.4, -0.2) is 97.5 Å². The van der Waals surface area contributed by atoms with Crippen molar-refractivity contribution in [1.29, 1.82) is 0 Å². The third-order valence-electron chi connectivity index (χ3n) is 19.5. The molecule has 2 spiro atoms. The number of tetrazole rings is 2. The summed E-state index contributed by atoms with van der Waals surface area (Å²) in [5.41, 5.74) is 4.87. The molecule has 0 radical (unpaired) electrons. The number of nitrogens with zero attached hydrogens (tertiary/aromatic N) is 10. The minimum absolute atomic E-state index is 0.101. The van der Waals surface area contributed by atoms with Crippen LogP contribution in [0.1, 0.15) is 218 Å². The van der Waals surface area contributed by atoms with Crippen LogP contribution >= 0.6 is 11.6 Å². The first-order valence-electron chi connectivity index (χ1n) is 31.4. The lowest BCUT2D eigenvalue weighted by atomic mass is 9.67. The zero-order valence-electron chi connectivity index (χ0n) is 51.8. The summed E-state index contributed by atoms with van der Waals surface area (Å²) < 4.78 is 0. The molecule has 2 aromatic heterocycles. The number of halogens is 1. The Morgan fingerprint density at radius 2 is 1.29 bits per heavy atom. The second-order valence-corrected chi connectivity index (χ2v) is 26.9. The van der Waals surface area contributed by atoms with E-state index in [9.17, 15) is 9.59 Å². The van der Waals surface area contributed by atoms with Crippen LogP contribution in [0.2, 0.25) is 5.02 Å². The van der Waals surface area contributed by atoms with Crippen molar-refractivity contribution in [2.75, 3.05) is 0 Å². The van der Waals surface area contributed by atoms with Gasteiger partial charge in [0, 0.05) is 21.7 Å². The van der Waals surface area contributed by atoms with E-state index in [1.807, 2.05) is 91.0 Å². The molecule has 4 aromatic carbocycles. The summed E-state index contributed by atoms with van der Waals surface area (Å²) in [6.07, 6.45) is 12.6. The Morgan fingerprint density at radius 3 is 1.82 bits per heavy atom. The molecule has 4 amide bonds. The Kier molecular flexibility index (Phi) is 19.2. The number of rotatable bonds is 23. The predicted octanol–water partition coefficient (Wildman–Crippen LogP) is 11.8. The van der Waals surface area contributed by atoms with Crippen LogP contribution in [0.3, 0.4) is 0 Å². The largest absolute Gasteiger partial charge is 0.345 e. The van der Waals surface area contributed by atoms with Crippen LogP contribution in [-0.2, 0) is 35.6 Å². The van der Waals surface area contributed by atoms with Gasteiger partial charge in [-0.05, 0) is 158 Å². The van der Waals surface area contributed by atoms with Crippen molar-refractivity contribution in [1.82, 2.24) is 67.0 Å². The fraction of sp³-hybridized carbons (Fsp3) is 0.522. The third kappa shape index (κ3) is 14.0. The van der Waals surface area contributed by atoms with E-state index < -0.39 is 11.3 Å². The molecular formula is C67H86ClN15O4. The third-order valence-corrected chi connectivity index (χ3v) is 19.9. The number of aliphatic imine (C=N–C) groups is 2. The van der Waals surface area contributed by atoms with Gasteiger partial charge >= 0.3 is 0 Å². The molecule has 4 aliphatic rings. The maximum atomic E-state index is 15.5. The first kappa shape index (κ1) is 62.4. The van der Waals surface area contributed by atoms with Gasteiger partial charge < -0.3 is 25.8 Å². The van der Waals surface area contributed by atoms with Crippen molar-refractivity contribution in [2.45, 2.75) is 195 Å². The van der Waals surface area contributed by atoms with Crippen molar-refractivity contribution < 1.29 is 19.2 Å². The lowest BCUT2D eigenvalue weighted by Crippen LogP contribution is -2.56. The second-order valence-electron chi connectivity index (χ2n) is 26.5. The van der Waals surface area contributed by atoms with E-state index in [2.05, 4.69) is 128 Å². The molecule has 20 heteroatoms. The summed E-state index contributed by atoms with van der Waals surface area (Å²) in [4.78, 5) is 72.1. The van der Waals surface area contributed by atoms with Gasteiger partial charge in [0.25, 0.3) is 23.6 Å². The summed E-state index contributed by atoms with van der Waals surface area (Å²) in [6, 6.07) is 30.6. The van der Waals surface area contributed by atoms with Gasteiger partial charge in [-0.1, -0.05) is 163 Å². The highest BCUT2D eigenvalue weighted by molar-refractivity contribution is 6.47. The number of carbonyl (C=O) groups excluding carboxylic acids is 4. The fourth-order valence-electron chi connectivity index (χ4n) is 13.8. The zero-order valence-corrected chi connectivity index (χ0v) is 52.6. The Hall–Kier alpha value is -7.67. The van der Waals surface area contributed by atoms with Crippen LogP contribution in [0.25, 0.3) is 0 Å². The normalized spacial score (nSPS) is 22.2. The fourth-order valence-corrected chi connectivity index (χ4v) is 14.1. The van der Waals surface area contributed by atoms with Gasteiger partial charge in [0.1, 0.15) is 17.0 Å². The molecular weight excluding hydrogens is 1110 g/mol. The van der Waals surface area contributed by atoms with Crippen molar-refractivity contribution >= 4 is 46.8 Å². The van der Waals surface area contributed by atoms with E-state index in [1.165, 1.54) is 0 Å². The smallest absolute Gasteiger partial charge is 0.291 e. The SMILES string of the molecule is CCCCC(c1ccc(C(=O)NCc2nn[nH]n2)cc1)N1C(=O)C(c2ccc(CC(C)CCC(c3ccc(C(=O)NCc4nn[nH]n4)cc3)N3C(=O)C(=NCc4ccccc4)NC34CCC(C(C)(C)C)CC4)c(Cl)c2)=NC12CCC(C(C)(C)CC)CC2. The minimum Gasteiger partial charge on any atom is -0.345 e. The maximum absolute atomic E-state index is 15.5. The number of carbonyl (C=O) groups is 4. The number of hydrogen-bond acceptors (Lipinski definition) is 12. The van der Waals surface area contributed by atoms with Gasteiger partial charge in [0.05, 0.1) is 31.7 Å². The van der Waals surface area contributed by atoms with Crippen LogP contribution in [0.15, 0.2) is 107 Å². The number of unbranched alkanes of at least 4 members (excludes halogenated alkanes) is 1. The van der Waals surface area contributed by atoms with Gasteiger partial charge in [-0.3, -0.25) is 29.2 Å². The molecule has 4 heterocycles. The highest BCUT2D eigenvalue weighted by Gasteiger charge is 2.55. The van der Waals surface area contributed by atoms with E-state index in [-0.39, 0.29) is 65.5 Å². The number of H-pyrrole nitrogens is 2. The van der Waals surface area contributed by atoms with E-state index in [0.717, 1.165) is 106 Å². The zero-order chi connectivity index (χ0) is 61.5. The lowest BCUT2D eigenvalue weighted by Gasteiger charge is -2.48. The lowest BCUT2D eigenvalue weighted by molar-refractivity contribution is -0.134. The maximum Gasteiger partial charge on any atom is 0.291 e. The molecule has 3 unspecified atom stereocenters. The van der Waals surface area contributed by atoms with Gasteiger partial charge in [0.15, 0.2) is 17.5 Å². The van der Waals surface area contributed by atoms with E-state index in [0.29, 0.717) is 76.1 Å². The second kappa shape index (κ2) is 26.7. The average molecular weight is 1200 g/mol. The van der Waals surface area contributed by atoms with Crippen LogP contribution in [0, 0.1) is 28.6 Å². The van der Waals surface area contributed by atoms with E-state index in [4.69, 9.17) is 21.6 Å². The van der Waals surface area contributed by atoms with Crippen LogP contribution < -0.4 is 16.0 Å². The number of hydrogen-bond donors (Lipinski definition) is 5. The number of amides is 4. The highest BCUT2D eigenvalue weighted by Crippen LogP contribution is 2.52. The first-order chi connectivity index (χ1) is 41.8. The number of amidine groups is 1. The highest BCUT2D eigenvalue weighted by atomic mass is 35.5. The van der Waals surface area contributed by atoms with E-state index >= 15 is 9.59 Å². The van der Waals surface area contributed by atoms with Gasteiger partial charge in [-0.15, -0.1) is 20.4 Å². The molecule has 3 atom stereocenters. The first-order valence-corrected chi connectivity index (χ1v) is 31.8. The quantitative estimate of drug-likeness (QED) is 0.0404. The number of benzene rings is 4. The minimum atomic E-state index is -0.740. The standard InChI is InChI=1S/C67H86ClN15O4/c1-9-11-17-54(45-19-23-47(24-20-45)60(84)70-41-56-74-78-79-75-56)82-62(86)58(72-66(82)36-32-52(33-37-66)65(7,8)10-2)50-28-27-49(53(68)39-50)38-43(3)18-29-55(46-21-25-48(26-22-46)61(85)71-42-57-76-80-81-77-57)83-63(87)59(69-40-44-15-13-12-14-16-44)73-67(83)34-30-51(31-35-67)64(4,5)6/h12-16,19-28,39,43,51-52,54-55H,9-11,17-18,29-38,40-42H2,1-8H3,(H,69,73)(H,70,84)(H,71,85)(H,74,75,78,79)(H,76,77,80,81). The van der Waals surface area contributed by atoms with Crippen LogP contribution in [0.5, 0.6) is 0 Å². The molecule has 87 heavy (non-hydrogen) atoms. The number of aromatic nitrogens is 8. The molecule has 5 N–H and O–H groups in total. The monoisotopic (exact) mass is 1200 g/mol. The summed E-state index contributed by atoms with van der Waals surface area (Å²) in [5.74, 6) is 1.52. The predicted molar refractivity (Wildman–Crippen MR) is 336 cm³/mol. The van der Waals surface area contributed by atoms with Crippen molar-refractivity contribution in [3.05, 3.63) is 153 Å². The van der Waals surface area contributed by atoms with Gasteiger partial charge in [0.2, 0.25) is 0 Å². The molecule has 460 valence electrons. The summed E-state index contributed by atoms with van der Waals surface area (Å²) >= 11 is 7.38. The molecule has 1 saturated heterocycles. The molecule has 0 bridgehead atoms. The molecule has 3 fully saturated rings. The Bertz CT molecular complexity index is 3380. The summed E-state index contributed by atoms with van der Waals surface area (Å²) in [6.45, 7) is 18.9. The van der Waals surface area contributed by atoms with Crippen molar-refractivity contribution in [2.24, 2.45) is 38.6 Å². The van der Waals surface area contributed by atoms with Crippen molar-refractivity contribution in [3.8, 4) is 0 Å². The molecule has 2 aliphatic carbocycles. The Labute approximate surface area is 516 Å².